The summed E-state index contributed by atoms with van der Waals surface area (Å²) in [5, 5.41) is 4.61. The van der Waals surface area contributed by atoms with Gasteiger partial charge in [-0.05, 0) is 12.8 Å². The number of amides is 1. The van der Waals surface area contributed by atoms with Gasteiger partial charge in [-0.3, -0.25) is 9.48 Å². The van der Waals surface area contributed by atoms with Crippen molar-refractivity contribution in [2.45, 2.75) is 38.6 Å². The number of rotatable bonds is 5. The lowest BCUT2D eigenvalue weighted by Gasteiger charge is -2.34. The summed E-state index contributed by atoms with van der Waals surface area (Å²) in [6, 6.07) is 0. The van der Waals surface area contributed by atoms with Crippen molar-refractivity contribution in [2.75, 3.05) is 45.9 Å². The van der Waals surface area contributed by atoms with E-state index < -0.39 is 10.2 Å². The molecule has 0 radical (unpaired) electrons. The van der Waals surface area contributed by atoms with Crippen LogP contribution in [0.4, 0.5) is 0 Å². The van der Waals surface area contributed by atoms with Gasteiger partial charge in [-0.1, -0.05) is 0 Å². The molecule has 2 fully saturated rings. The van der Waals surface area contributed by atoms with Crippen molar-refractivity contribution in [3.8, 4) is 0 Å². The molecule has 2 saturated heterocycles. The Hall–Kier alpha value is -1.49. The number of hydrogen-bond donors (Lipinski definition) is 0. The van der Waals surface area contributed by atoms with Gasteiger partial charge in [-0.15, -0.1) is 0 Å². The van der Waals surface area contributed by atoms with Crippen LogP contribution in [0.5, 0.6) is 0 Å². The third-order valence-corrected chi connectivity index (χ3v) is 7.93. The Morgan fingerprint density at radius 1 is 1.07 bits per heavy atom. The van der Waals surface area contributed by atoms with Crippen LogP contribution in [0.2, 0.25) is 0 Å². The zero-order valence-electron chi connectivity index (χ0n) is 16.5. The molecular weight excluding hydrogens is 382 g/mol. The fourth-order valence-corrected chi connectivity index (χ4v) is 5.88. The molecule has 0 aliphatic carbocycles. The van der Waals surface area contributed by atoms with Gasteiger partial charge in [0.15, 0.2) is 0 Å². The summed E-state index contributed by atoms with van der Waals surface area (Å²) >= 11 is 0. The van der Waals surface area contributed by atoms with Gasteiger partial charge in [0.2, 0.25) is 5.91 Å². The number of carbonyl (C=O) groups excluding carboxylic acids is 1. The van der Waals surface area contributed by atoms with E-state index in [-0.39, 0.29) is 5.91 Å². The van der Waals surface area contributed by atoms with Crippen molar-refractivity contribution in [3.05, 3.63) is 17.0 Å². The van der Waals surface area contributed by atoms with Crippen LogP contribution >= 0.6 is 0 Å². The van der Waals surface area contributed by atoms with E-state index in [9.17, 15) is 13.2 Å². The number of likely N-dealkylation sites (tertiary alicyclic amines) is 1. The fourth-order valence-electron chi connectivity index (χ4n) is 4.33. The minimum absolute atomic E-state index is 0.172. The average Bonchev–Trinajstić information content (AvgIpc) is 3.35. The largest absolute Gasteiger partial charge is 0.379 e. The molecular formula is C18H29N5O4S. The molecule has 4 heterocycles. The maximum atomic E-state index is 13.0. The molecule has 0 atom stereocenters. The summed E-state index contributed by atoms with van der Waals surface area (Å²) in [5.74, 6) is 0.172. The SMILES string of the molecule is Cn1nc(CCC(=O)N2CCCC2)c2c1CCN(S(=O)(=O)N1CCOCC1)C2. The Kier molecular flexibility index (Phi) is 5.73. The zero-order chi connectivity index (χ0) is 19.7. The van der Waals surface area contributed by atoms with Crippen molar-refractivity contribution in [1.82, 2.24) is 23.3 Å². The predicted molar refractivity (Wildman–Crippen MR) is 103 cm³/mol. The van der Waals surface area contributed by atoms with Crippen LogP contribution in [-0.4, -0.2) is 83.6 Å². The highest BCUT2D eigenvalue weighted by molar-refractivity contribution is 7.86. The summed E-state index contributed by atoms with van der Waals surface area (Å²) in [4.78, 5) is 14.3. The van der Waals surface area contributed by atoms with Crippen LogP contribution in [-0.2, 0) is 46.2 Å². The first kappa shape index (κ1) is 19.8. The topological polar surface area (TPSA) is 88.0 Å². The van der Waals surface area contributed by atoms with E-state index in [2.05, 4.69) is 5.10 Å². The van der Waals surface area contributed by atoms with Crippen LogP contribution in [0.1, 0.15) is 36.2 Å². The Bertz CT molecular complexity index is 825. The number of hydrogen-bond acceptors (Lipinski definition) is 5. The Balaban J connectivity index is 1.47. The first-order valence-corrected chi connectivity index (χ1v) is 11.5. The van der Waals surface area contributed by atoms with Crippen LogP contribution in [0.3, 0.4) is 0 Å². The molecule has 9 nitrogen and oxygen atoms in total. The lowest BCUT2D eigenvalue weighted by molar-refractivity contribution is -0.130. The molecule has 0 aromatic carbocycles. The summed E-state index contributed by atoms with van der Waals surface area (Å²) < 4.78 is 36.2. The second kappa shape index (κ2) is 8.10. The lowest BCUT2D eigenvalue weighted by Crippen LogP contribution is -2.49. The summed E-state index contributed by atoms with van der Waals surface area (Å²) in [6.45, 7) is 4.17. The van der Waals surface area contributed by atoms with Gasteiger partial charge in [0.25, 0.3) is 10.2 Å². The molecule has 0 unspecified atom stereocenters. The summed E-state index contributed by atoms with van der Waals surface area (Å²) in [6.07, 6.45) is 3.80. The molecule has 10 heteroatoms. The monoisotopic (exact) mass is 411 g/mol. The van der Waals surface area contributed by atoms with Crippen molar-refractivity contribution in [1.29, 1.82) is 0 Å². The highest BCUT2D eigenvalue weighted by atomic mass is 32.2. The number of aryl methyl sites for hydroxylation is 2. The minimum atomic E-state index is -3.51. The highest BCUT2D eigenvalue weighted by Gasteiger charge is 2.35. The predicted octanol–water partition coefficient (Wildman–Crippen LogP) is -0.0898. The molecule has 0 saturated carbocycles. The number of carbonyl (C=O) groups is 1. The van der Waals surface area contributed by atoms with Crippen molar-refractivity contribution in [3.63, 3.8) is 0 Å². The second-order valence-electron chi connectivity index (χ2n) is 7.69. The average molecular weight is 412 g/mol. The van der Waals surface area contributed by atoms with Gasteiger partial charge >= 0.3 is 0 Å². The molecule has 1 amide bonds. The van der Waals surface area contributed by atoms with Crippen molar-refractivity contribution in [2.24, 2.45) is 7.05 Å². The molecule has 3 aliphatic heterocycles. The molecule has 1 aromatic rings. The van der Waals surface area contributed by atoms with E-state index in [1.54, 1.807) is 4.31 Å². The molecule has 0 bridgehead atoms. The van der Waals surface area contributed by atoms with Crippen LogP contribution in [0.25, 0.3) is 0 Å². The summed E-state index contributed by atoms with van der Waals surface area (Å²) in [7, 11) is -1.61. The van der Waals surface area contributed by atoms with E-state index in [0.29, 0.717) is 58.7 Å². The van der Waals surface area contributed by atoms with Gasteiger partial charge in [0.05, 0.1) is 18.9 Å². The maximum Gasteiger partial charge on any atom is 0.282 e. The van der Waals surface area contributed by atoms with E-state index in [1.807, 2.05) is 16.6 Å². The number of morpholine rings is 1. The smallest absolute Gasteiger partial charge is 0.282 e. The molecule has 0 N–H and O–H groups in total. The quantitative estimate of drug-likeness (QED) is 0.676. The fraction of sp³-hybridized carbons (Fsp3) is 0.778. The molecule has 0 spiro atoms. The van der Waals surface area contributed by atoms with E-state index in [4.69, 9.17) is 4.74 Å². The summed E-state index contributed by atoms with van der Waals surface area (Å²) in [5.41, 5.74) is 2.91. The minimum Gasteiger partial charge on any atom is -0.379 e. The zero-order valence-corrected chi connectivity index (χ0v) is 17.3. The first-order chi connectivity index (χ1) is 13.5. The van der Waals surface area contributed by atoms with Crippen LogP contribution in [0, 0.1) is 0 Å². The first-order valence-electron chi connectivity index (χ1n) is 10.1. The third-order valence-electron chi connectivity index (χ3n) is 5.95. The third kappa shape index (κ3) is 3.83. The highest BCUT2D eigenvalue weighted by Crippen LogP contribution is 2.26. The molecule has 3 aliphatic rings. The Morgan fingerprint density at radius 2 is 1.79 bits per heavy atom. The van der Waals surface area contributed by atoms with Gasteiger partial charge in [-0.2, -0.15) is 22.1 Å². The van der Waals surface area contributed by atoms with Gasteiger partial charge in [0.1, 0.15) is 0 Å². The number of fused-ring (bicyclic) bond motifs is 1. The normalized spacial score (nSPS) is 21.8. The van der Waals surface area contributed by atoms with Gasteiger partial charge in [-0.25, -0.2) is 0 Å². The second-order valence-corrected chi connectivity index (χ2v) is 9.61. The van der Waals surface area contributed by atoms with Crippen molar-refractivity contribution >= 4 is 16.1 Å². The van der Waals surface area contributed by atoms with Gasteiger partial charge in [0, 0.05) is 76.8 Å². The van der Waals surface area contributed by atoms with E-state index >= 15 is 0 Å². The molecule has 1 aromatic heterocycles. The number of nitrogens with zero attached hydrogens (tertiary/aromatic N) is 5. The molecule has 4 rings (SSSR count). The maximum absolute atomic E-state index is 13.0. The lowest BCUT2D eigenvalue weighted by atomic mass is 10.0. The molecule has 156 valence electrons. The van der Waals surface area contributed by atoms with Crippen LogP contribution in [0.15, 0.2) is 0 Å². The Labute approximate surface area is 166 Å². The Morgan fingerprint density at radius 3 is 2.50 bits per heavy atom. The van der Waals surface area contributed by atoms with Crippen molar-refractivity contribution < 1.29 is 17.9 Å². The van der Waals surface area contributed by atoms with E-state index in [1.165, 1.54) is 4.31 Å². The van der Waals surface area contributed by atoms with Crippen LogP contribution < -0.4 is 0 Å². The number of aromatic nitrogens is 2. The number of ether oxygens (including phenoxy) is 1. The van der Waals surface area contributed by atoms with E-state index in [0.717, 1.165) is 42.9 Å². The van der Waals surface area contributed by atoms with Gasteiger partial charge < -0.3 is 9.64 Å². The molecule has 28 heavy (non-hydrogen) atoms. The standard InChI is InChI=1S/C18H29N5O4S/c1-20-17-6-9-23(28(25,26)22-10-12-27-13-11-22)14-15(17)16(19-20)4-5-18(24)21-7-2-3-8-21/h2-14H2,1H3.